The van der Waals surface area contributed by atoms with Gasteiger partial charge in [0.25, 0.3) is 5.91 Å². The molecule has 0 aliphatic carbocycles. The maximum Gasteiger partial charge on any atom is 0.270 e. The Balaban J connectivity index is 1.54. The minimum Gasteiger partial charge on any atom is -0.495 e. The number of carbonyl (C=O) groups is 1. The molecule has 0 bridgehead atoms. The molecule has 1 saturated heterocycles. The molecular weight excluding hydrogens is 461 g/mol. The normalized spacial score (nSPS) is 14.6. The fourth-order valence-corrected chi connectivity index (χ4v) is 4.56. The second kappa shape index (κ2) is 10.1. The largest absolute Gasteiger partial charge is 0.495 e. The van der Waals surface area contributed by atoms with Crippen LogP contribution in [0.4, 0.5) is 10.1 Å². The predicted molar refractivity (Wildman–Crippen MR) is 132 cm³/mol. The Morgan fingerprint density at radius 3 is 2.42 bits per heavy atom. The highest BCUT2D eigenvalue weighted by Crippen LogP contribution is 2.40. The van der Waals surface area contributed by atoms with Crippen LogP contribution in [0.25, 0.3) is 6.08 Å². The lowest BCUT2D eigenvalue weighted by Crippen LogP contribution is -2.27. The zero-order chi connectivity index (χ0) is 23.4. The predicted octanol–water partition coefficient (Wildman–Crippen LogP) is 5.83. The fraction of sp³-hybridized carbons (Fsp3) is 0.120. The van der Waals surface area contributed by atoms with Crippen LogP contribution in [-0.2, 0) is 11.4 Å². The molecule has 4 rings (SSSR count). The van der Waals surface area contributed by atoms with E-state index in [2.05, 4.69) is 0 Å². The van der Waals surface area contributed by atoms with Gasteiger partial charge in [0.2, 0.25) is 0 Å². The van der Waals surface area contributed by atoms with Gasteiger partial charge in [0.1, 0.15) is 18.2 Å². The van der Waals surface area contributed by atoms with Crippen molar-refractivity contribution < 1.29 is 23.4 Å². The van der Waals surface area contributed by atoms with Crippen LogP contribution >= 0.6 is 24.0 Å². The Labute approximate surface area is 200 Å². The molecule has 3 aromatic rings. The third-order valence-corrected chi connectivity index (χ3v) is 6.21. The molecule has 168 valence electrons. The second-order valence-electron chi connectivity index (χ2n) is 7.01. The fourth-order valence-electron chi connectivity index (χ4n) is 3.28. The lowest BCUT2D eigenvalue weighted by molar-refractivity contribution is -0.113. The van der Waals surface area contributed by atoms with Gasteiger partial charge in [-0.25, -0.2) is 4.39 Å². The molecule has 1 fully saturated rings. The van der Waals surface area contributed by atoms with Gasteiger partial charge in [-0.15, -0.1) is 0 Å². The summed E-state index contributed by atoms with van der Waals surface area (Å²) in [5.41, 5.74) is 2.21. The number of methoxy groups -OCH3 is 2. The van der Waals surface area contributed by atoms with E-state index in [1.165, 1.54) is 28.8 Å². The average Bonchev–Trinajstić information content (AvgIpc) is 3.11. The Morgan fingerprint density at radius 1 is 0.970 bits per heavy atom. The van der Waals surface area contributed by atoms with E-state index in [9.17, 15) is 9.18 Å². The molecule has 0 radical (unpaired) electrons. The summed E-state index contributed by atoms with van der Waals surface area (Å²) in [5.74, 6) is 1.12. The first-order valence-electron chi connectivity index (χ1n) is 9.96. The minimum atomic E-state index is -0.295. The third kappa shape index (κ3) is 5.02. The van der Waals surface area contributed by atoms with Gasteiger partial charge in [-0.2, -0.15) is 0 Å². The molecule has 0 spiro atoms. The van der Waals surface area contributed by atoms with Gasteiger partial charge in [-0.3, -0.25) is 9.69 Å². The summed E-state index contributed by atoms with van der Waals surface area (Å²) in [6.45, 7) is 0.271. The second-order valence-corrected chi connectivity index (χ2v) is 8.69. The van der Waals surface area contributed by atoms with Crippen molar-refractivity contribution in [1.82, 2.24) is 0 Å². The molecule has 0 unspecified atom stereocenters. The summed E-state index contributed by atoms with van der Waals surface area (Å²) >= 11 is 6.69. The number of hydrogen-bond acceptors (Lipinski definition) is 6. The van der Waals surface area contributed by atoms with Crippen molar-refractivity contribution in [1.29, 1.82) is 0 Å². The number of benzene rings is 3. The number of halogens is 1. The molecular formula is C25H20FNO4S2. The van der Waals surface area contributed by atoms with Crippen LogP contribution in [-0.4, -0.2) is 24.4 Å². The number of rotatable bonds is 7. The first-order chi connectivity index (χ1) is 16.0. The van der Waals surface area contributed by atoms with E-state index in [4.69, 9.17) is 26.4 Å². The molecule has 0 aromatic heterocycles. The molecule has 0 N–H and O–H groups in total. The summed E-state index contributed by atoms with van der Waals surface area (Å²) in [6, 6.07) is 18.7. The van der Waals surface area contributed by atoms with Gasteiger partial charge in [-0.05, 0) is 53.6 Å². The monoisotopic (exact) mass is 481 g/mol. The quantitative estimate of drug-likeness (QED) is 0.313. The van der Waals surface area contributed by atoms with Gasteiger partial charge in [0, 0.05) is 0 Å². The molecule has 0 saturated carbocycles. The van der Waals surface area contributed by atoms with E-state index in [1.807, 2.05) is 18.2 Å². The van der Waals surface area contributed by atoms with Crippen LogP contribution in [0.5, 0.6) is 17.2 Å². The molecule has 1 amide bonds. The SMILES string of the molecule is COc1cc(/C=C2/SC(=S)N(c3ccccc3OC)C2=O)ccc1OCc1ccc(F)cc1. The van der Waals surface area contributed by atoms with E-state index < -0.39 is 0 Å². The summed E-state index contributed by atoms with van der Waals surface area (Å²) < 4.78 is 30.2. The van der Waals surface area contributed by atoms with Crippen LogP contribution in [0, 0.1) is 5.82 Å². The summed E-state index contributed by atoms with van der Waals surface area (Å²) in [6.07, 6.45) is 1.76. The molecule has 1 heterocycles. The Kier molecular flexibility index (Phi) is 6.96. The Hall–Kier alpha value is -3.36. The van der Waals surface area contributed by atoms with Gasteiger partial charge < -0.3 is 14.2 Å². The van der Waals surface area contributed by atoms with Crippen molar-refractivity contribution >= 4 is 46.0 Å². The maximum atomic E-state index is 13.1. The number of carbonyl (C=O) groups excluding carboxylic acids is 1. The average molecular weight is 482 g/mol. The summed E-state index contributed by atoms with van der Waals surface area (Å²) in [7, 11) is 3.10. The Bertz CT molecular complexity index is 1230. The number of thioether (sulfide) groups is 1. The molecule has 3 aromatic carbocycles. The van der Waals surface area contributed by atoms with Gasteiger partial charge in [-0.1, -0.05) is 54.3 Å². The molecule has 0 atom stereocenters. The smallest absolute Gasteiger partial charge is 0.270 e. The van der Waals surface area contributed by atoms with E-state index in [0.717, 1.165) is 11.1 Å². The zero-order valence-corrected chi connectivity index (χ0v) is 19.5. The van der Waals surface area contributed by atoms with E-state index >= 15 is 0 Å². The van der Waals surface area contributed by atoms with Crippen molar-refractivity contribution in [3.05, 3.63) is 88.6 Å². The summed E-state index contributed by atoms with van der Waals surface area (Å²) in [5, 5.41) is 0. The number of ether oxygens (including phenoxy) is 3. The highest BCUT2D eigenvalue weighted by Gasteiger charge is 2.34. The van der Waals surface area contributed by atoms with Crippen molar-refractivity contribution in [2.75, 3.05) is 19.1 Å². The third-order valence-electron chi connectivity index (χ3n) is 4.91. The van der Waals surface area contributed by atoms with Crippen LogP contribution in [0.15, 0.2) is 71.6 Å². The first kappa shape index (κ1) is 22.8. The van der Waals surface area contributed by atoms with E-state index in [1.54, 1.807) is 56.7 Å². The standard InChI is InChI=1S/C25H20FNO4S2/c1-29-20-6-4-3-5-19(20)27-24(28)23(33-25(27)32)14-17-9-12-21(22(13-17)30-2)31-15-16-7-10-18(26)11-8-16/h3-14H,15H2,1-2H3/b23-14+. The highest BCUT2D eigenvalue weighted by atomic mass is 32.2. The zero-order valence-electron chi connectivity index (χ0n) is 17.9. The van der Waals surface area contributed by atoms with Crippen molar-refractivity contribution in [3.63, 3.8) is 0 Å². The molecule has 8 heteroatoms. The van der Waals surface area contributed by atoms with E-state index in [0.29, 0.717) is 32.2 Å². The van der Waals surface area contributed by atoms with Crippen LogP contribution in [0.2, 0.25) is 0 Å². The van der Waals surface area contributed by atoms with Crippen LogP contribution < -0.4 is 19.1 Å². The summed E-state index contributed by atoms with van der Waals surface area (Å²) in [4.78, 5) is 15.1. The minimum absolute atomic E-state index is 0.217. The van der Waals surface area contributed by atoms with Crippen LogP contribution in [0.3, 0.4) is 0 Å². The Morgan fingerprint density at radius 2 is 1.70 bits per heavy atom. The molecule has 5 nitrogen and oxygen atoms in total. The number of anilines is 1. The van der Waals surface area contributed by atoms with Crippen molar-refractivity contribution in [2.45, 2.75) is 6.61 Å². The van der Waals surface area contributed by atoms with Gasteiger partial charge in [0.05, 0.1) is 24.8 Å². The lowest BCUT2D eigenvalue weighted by Gasteiger charge is -2.17. The van der Waals surface area contributed by atoms with Crippen LogP contribution in [0.1, 0.15) is 11.1 Å². The number of hydrogen-bond donors (Lipinski definition) is 0. The molecule has 1 aliphatic heterocycles. The molecule has 1 aliphatic rings. The van der Waals surface area contributed by atoms with E-state index in [-0.39, 0.29) is 18.3 Å². The maximum absolute atomic E-state index is 13.1. The first-order valence-corrected chi connectivity index (χ1v) is 11.2. The lowest BCUT2D eigenvalue weighted by atomic mass is 10.1. The van der Waals surface area contributed by atoms with Crippen molar-refractivity contribution in [2.24, 2.45) is 0 Å². The number of amides is 1. The highest BCUT2D eigenvalue weighted by molar-refractivity contribution is 8.27. The topological polar surface area (TPSA) is 48.0 Å². The van der Waals surface area contributed by atoms with Gasteiger partial charge in [0.15, 0.2) is 15.8 Å². The number of thiocarbonyl (C=S) groups is 1. The molecule has 33 heavy (non-hydrogen) atoms. The van der Waals surface area contributed by atoms with Gasteiger partial charge >= 0.3 is 0 Å². The van der Waals surface area contributed by atoms with Crippen molar-refractivity contribution in [3.8, 4) is 17.2 Å². The number of nitrogens with zero attached hydrogens (tertiary/aromatic N) is 1. The number of para-hydroxylation sites is 2.